The number of nitriles is 1. The second kappa shape index (κ2) is 6.54. The Morgan fingerprint density at radius 1 is 1.36 bits per heavy atom. The van der Waals surface area contributed by atoms with Gasteiger partial charge >= 0.3 is 0 Å². The van der Waals surface area contributed by atoms with Gasteiger partial charge in [-0.3, -0.25) is 9.69 Å². The van der Waals surface area contributed by atoms with E-state index in [2.05, 4.69) is 16.0 Å². The summed E-state index contributed by atoms with van der Waals surface area (Å²) in [4.78, 5) is 22.9. The van der Waals surface area contributed by atoms with Gasteiger partial charge in [-0.25, -0.2) is 18.4 Å². The number of aromatic nitrogens is 2. The van der Waals surface area contributed by atoms with Crippen LogP contribution in [0, 0.1) is 11.3 Å². The van der Waals surface area contributed by atoms with Crippen molar-refractivity contribution in [1.29, 1.82) is 5.26 Å². The van der Waals surface area contributed by atoms with Crippen molar-refractivity contribution in [2.45, 2.75) is 36.5 Å². The molecule has 1 saturated carbocycles. The number of hydrogen-bond donors (Lipinski definition) is 0. The second-order valence-electron chi connectivity index (χ2n) is 6.98. The number of anilines is 1. The average Bonchev–Trinajstić information content (AvgIpc) is 3.49. The van der Waals surface area contributed by atoms with Gasteiger partial charge in [-0.15, -0.1) is 0 Å². The molecule has 1 aliphatic carbocycles. The average molecular weight is 417 g/mol. The molecule has 0 spiro atoms. The first-order valence-corrected chi connectivity index (χ1v) is 11.0. The molecule has 0 atom stereocenters. The highest BCUT2D eigenvalue weighted by Crippen LogP contribution is 2.48. The summed E-state index contributed by atoms with van der Waals surface area (Å²) >= 11 is 5.91. The van der Waals surface area contributed by atoms with Crippen LogP contribution in [0.15, 0.2) is 29.3 Å². The molecule has 4 rings (SSSR count). The molecule has 9 heteroatoms. The minimum atomic E-state index is -3.65. The van der Waals surface area contributed by atoms with Crippen molar-refractivity contribution in [3.05, 3.63) is 46.4 Å². The lowest BCUT2D eigenvalue weighted by atomic mass is 9.99. The van der Waals surface area contributed by atoms with Crippen molar-refractivity contribution in [1.82, 2.24) is 9.97 Å². The monoisotopic (exact) mass is 416 g/mol. The summed E-state index contributed by atoms with van der Waals surface area (Å²) in [6.45, 7) is 1.80. The molecular weight excluding hydrogens is 400 g/mol. The maximum atomic E-state index is 13.0. The first-order chi connectivity index (χ1) is 13.3. The number of fused-ring (bicyclic) bond motifs is 1. The summed E-state index contributed by atoms with van der Waals surface area (Å²) in [6, 6.07) is 6.90. The van der Waals surface area contributed by atoms with Crippen molar-refractivity contribution < 1.29 is 13.2 Å². The van der Waals surface area contributed by atoms with Crippen LogP contribution >= 0.6 is 11.6 Å². The largest absolute Gasteiger partial charge is 0.291 e. The maximum absolute atomic E-state index is 13.0. The van der Waals surface area contributed by atoms with Crippen LogP contribution in [0.2, 0.25) is 5.15 Å². The van der Waals surface area contributed by atoms with Gasteiger partial charge in [0.05, 0.1) is 28.5 Å². The number of pyridine rings is 2. The summed E-state index contributed by atoms with van der Waals surface area (Å²) in [5, 5.41) is 9.75. The standard InChI is InChI=1S/C19H17ClN4O3S/c1-2-28(26,27)15-9-12(19(11-21)6-7-19)10-22-17(15)24-8-5-14-13(18(24)25)3-4-16(20)23-14/h3-4,9-10H,2,5-8H2,1H3. The molecule has 0 radical (unpaired) electrons. The number of halogens is 1. The van der Waals surface area contributed by atoms with Crippen molar-refractivity contribution >= 4 is 33.2 Å². The third kappa shape index (κ3) is 2.95. The first-order valence-electron chi connectivity index (χ1n) is 8.93. The Kier molecular flexibility index (Phi) is 4.40. The minimum Gasteiger partial charge on any atom is -0.291 e. The topological polar surface area (TPSA) is 104 Å². The molecule has 2 aromatic rings. The molecular formula is C19H17ClN4O3S. The number of nitrogens with zero attached hydrogens (tertiary/aromatic N) is 4. The number of hydrogen-bond acceptors (Lipinski definition) is 6. The quantitative estimate of drug-likeness (QED) is 0.709. The van der Waals surface area contributed by atoms with Gasteiger partial charge in [0.25, 0.3) is 5.91 Å². The molecule has 2 aliphatic rings. The zero-order valence-electron chi connectivity index (χ0n) is 15.1. The zero-order chi connectivity index (χ0) is 20.1. The van der Waals surface area contributed by atoms with Gasteiger partial charge in [-0.2, -0.15) is 5.26 Å². The molecule has 144 valence electrons. The number of rotatable bonds is 4. The van der Waals surface area contributed by atoms with E-state index in [1.165, 1.54) is 23.2 Å². The lowest BCUT2D eigenvalue weighted by molar-refractivity contribution is 0.0978. The second-order valence-corrected chi connectivity index (χ2v) is 9.61. The lowest BCUT2D eigenvalue weighted by Crippen LogP contribution is -2.39. The van der Waals surface area contributed by atoms with Gasteiger partial charge in [0, 0.05) is 19.2 Å². The van der Waals surface area contributed by atoms with E-state index in [-0.39, 0.29) is 28.9 Å². The SMILES string of the molecule is CCS(=O)(=O)c1cc(C2(C#N)CC2)cnc1N1CCc2nc(Cl)ccc2C1=O. The highest BCUT2D eigenvalue weighted by atomic mass is 35.5. The van der Waals surface area contributed by atoms with Gasteiger partial charge in [0.1, 0.15) is 10.0 Å². The molecule has 0 N–H and O–H groups in total. The molecule has 0 unspecified atom stereocenters. The van der Waals surface area contributed by atoms with Gasteiger partial charge in [-0.1, -0.05) is 18.5 Å². The van der Waals surface area contributed by atoms with Crippen LogP contribution in [-0.4, -0.2) is 36.6 Å². The smallest absolute Gasteiger partial charge is 0.261 e. The summed E-state index contributed by atoms with van der Waals surface area (Å²) in [6.07, 6.45) is 3.32. The summed E-state index contributed by atoms with van der Waals surface area (Å²) in [7, 11) is -3.65. The fourth-order valence-corrected chi connectivity index (χ4v) is 4.63. The normalized spacial score (nSPS) is 17.8. The van der Waals surface area contributed by atoms with Crippen LogP contribution in [0.4, 0.5) is 5.82 Å². The third-order valence-corrected chi connectivity index (χ3v) is 7.25. The molecule has 0 saturated heterocycles. The number of carbonyl (C=O) groups is 1. The summed E-state index contributed by atoms with van der Waals surface area (Å²) < 4.78 is 25.5. The molecule has 1 amide bonds. The lowest BCUT2D eigenvalue weighted by Gasteiger charge is -2.29. The Morgan fingerprint density at radius 2 is 2.11 bits per heavy atom. The van der Waals surface area contributed by atoms with Crippen LogP contribution in [0.1, 0.15) is 41.4 Å². The number of sulfone groups is 1. The predicted octanol–water partition coefficient (Wildman–Crippen LogP) is 2.68. The maximum Gasteiger partial charge on any atom is 0.261 e. The number of carbonyl (C=O) groups excluding carboxylic acids is 1. The Bertz CT molecular complexity index is 1140. The molecule has 3 heterocycles. The molecule has 7 nitrogen and oxygen atoms in total. The van der Waals surface area contributed by atoms with Crippen LogP contribution in [-0.2, 0) is 21.7 Å². The number of amides is 1. The van der Waals surface area contributed by atoms with Crippen molar-refractivity contribution in [2.75, 3.05) is 17.2 Å². The molecule has 0 aromatic carbocycles. The van der Waals surface area contributed by atoms with Crippen molar-refractivity contribution in [3.63, 3.8) is 0 Å². The Hall–Kier alpha value is -2.50. The highest BCUT2D eigenvalue weighted by Gasteiger charge is 2.46. The van der Waals surface area contributed by atoms with E-state index in [1.807, 2.05) is 0 Å². The minimum absolute atomic E-state index is 0.00672. The molecule has 1 fully saturated rings. The molecule has 2 aromatic heterocycles. The summed E-state index contributed by atoms with van der Waals surface area (Å²) in [5.41, 5.74) is 0.899. The van der Waals surface area contributed by atoms with Gasteiger partial charge in [0.15, 0.2) is 15.7 Å². The van der Waals surface area contributed by atoms with E-state index in [0.29, 0.717) is 41.2 Å². The van der Waals surface area contributed by atoms with Crippen molar-refractivity contribution in [2.24, 2.45) is 0 Å². The van der Waals surface area contributed by atoms with E-state index in [1.54, 1.807) is 13.0 Å². The van der Waals surface area contributed by atoms with Crippen LogP contribution in [0.3, 0.4) is 0 Å². The third-order valence-electron chi connectivity index (χ3n) is 5.31. The van der Waals surface area contributed by atoms with Gasteiger partial charge in [-0.05, 0) is 36.6 Å². The van der Waals surface area contributed by atoms with Crippen LogP contribution in [0.25, 0.3) is 0 Å². The Morgan fingerprint density at radius 3 is 2.75 bits per heavy atom. The Labute approximate surface area is 167 Å². The molecule has 0 bridgehead atoms. The van der Waals surface area contributed by atoms with Gasteiger partial charge < -0.3 is 0 Å². The van der Waals surface area contributed by atoms with E-state index in [0.717, 1.165) is 0 Å². The fraction of sp³-hybridized carbons (Fsp3) is 0.368. The fourth-order valence-electron chi connectivity index (χ4n) is 3.40. The highest BCUT2D eigenvalue weighted by molar-refractivity contribution is 7.91. The summed E-state index contributed by atoms with van der Waals surface area (Å²) in [5.74, 6) is -0.384. The van der Waals surface area contributed by atoms with Gasteiger partial charge in [0.2, 0.25) is 0 Å². The zero-order valence-corrected chi connectivity index (χ0v) is 16.7. The molecule has 28 heavy (non-hydrogen) atoms. The Balaban J connectivity index is 1.83. The van der Waals surface area contributed by atoms with E-state index in [9.17, 15) is 18.5 Å². The predicted molar refractivity (Wildman–Crippen MR) is 103 cm³/mol. The van der Waals surface area contributed by atoms with Crippen LogP contribution in [0.5, 0.6) is 0 Å². The van der Waals surface area contributed by atoms with Crippen LogP contribution < -0.4 is 4.90 Å². The van der Waals surface area contributed by atoms with E-state index >= 15 is 0 Å². The van der Waals surface area contributed by atoms with Crippen molar-refractivity contribution in [3.8, 4) is 6.07 Å². The molecule has 1 aliphatic heterocycles. The first kappa shape index (κ1) is 18.8. The van der Waals surface area contributed by atoms with E-state index < -0.39 is 15.3 Å². The van der Waals surface area contributed by atoms with E-state index in [4.69, 9.17) is 11.6 Å².